The summed E-state index contributed by atoms with van der Waals surface area (Å²) in [5, 5.41) is 5.91. The molecule has 1 amide bonds. The monoisotopic (exact) mass is 317 g/mol. The molecule has 0 atom stereocenters. The quantitative estimate of drug-likeness (QED) is 0.592. The number of benzene rings is 1. The van der Waals surface area contributed by atoms with Crippen molar-refractivity contribution >= 4 is 40.6 Å². The molecule has 1 aromatic carbocycles. The van der Waals surface area contributed by atoms with Gasteiger partial charge in [-0.05, 0) is 38.2 Å². The van der Waals surface area contributed by atoms with E-state index in [-0.39, 0.29) is 27.9 Å². The van der Waals surface area contributed by atoms with Crippen LogP contribution in [0.25, 0.3) is 0 Å². The van der Waals surface area contributed by atoms with Gasteiger partial charge in [-0.25, -0.2) is 0 Å². The van der Waals surface area contributed by atoms with E-state index in [9.17, 15) is 9.59 Å². The number of anilines is 2. The van der Waals surface area contributed by atoms with Gasteiger partial charge in [-0.1, -0.05) is 18.2 Å². The van der Waals surface area contributed by atoms with E-state index in [1.807, 2.05) is 30.3 Å². The van der Waals surface area contributed by atoms with Crippen molar-refractivity contribution < 1.29 is 14.0 Å². The molecular formula is C15H15N3O3S. The second kappa shape index (κ2) is 6.40. The standard InChI is InChI=1S/C15H15N3O3S/c1-8(19)11-9(2)21-14(12(11)13(16)20)18-15(22)17-10-6-4-3-5-7-10/h3-7H,1-2H3,(H2,16,20)(H2,17,18,22). The zero-order chi connectivity index (χ0) is 16.3. The van der Waals surface area contributed by atoms with Gasteiger partial charge in [0.25, 0.3) is 5.91 Å². The average Bonchev–Trinajstić information content (AvgIpc) is 2.76. The summed E-state index contributed by atoms with van der Waals surface area (Å²) in [7, 11) is 0. The predicted octanol–water partition coefficient (Wildman–Crippen LogP) is 2.70. The summed E-state index contributed by atoms with van der Waals surface area (Å²) in [5.41, 5.74) is 6.28. The normalized spacial score (nSPS) is 10.1. The number of amides is 1. The molecule has 0 radical (unpaired) electrons. The lowest BCUT2D eigenvalue weighted by Crippen LogP contribution is -2.22. The summed E-state index contributed by atoms with van der Waals surface area (Å²) in [6.45, 7) is 2.93. The Bertz CT molecular complexity index is 738. The summed E-state index contributed by atoms with van der Waals surface area (Å²) in [6.07, 6.45) is 0. The second-order valence-corrected chi connectivity index (χ2v) is 5.01. The van der Waals surface area contributed by atoms with E-state index in [2.05, 4.69) is 10.6 Å². The maximum Gasteiger partial charge on any atom is 0.255 e. The molecule has 6 nitrogen and oxygen atoms in total. The van der Waals surface area contributed by atoms with Gasteiger partial charge in [0.1, 0.15) is 11.3 Å². The molecule has 0 spiro atoms. The highest BCUT2D eigenvalue weighted by atomic mass is 32.1. The summed E-state index contributed by atoms with van der Waals surface area (Å²) >= 11 is 5.16. The first kappa shape index (κ1) is 15.7. The van der Waals surface area contributed by atoms with E-state index in [0.29, 0.717) is 5.76 Å². The Morgan fingerprint density at radius 1 is 1.14 bits per heavy atom. The van der Waals surface area contributed by atoms with Gasteiger partial charge < -0.3 is 20.8 Å². The molecule has 22 heavy (non-hydrogen) atoms. The number of para-hydroxylation sites is 1. The summed E-state index contributed by atoms with van der Waals surface area (Å²) in [5.74, 6) is -0.688. The minimum Gasteiger partial charge on any atom is -0.444 e. The minimum absolute atomic E-state index is 0.00205. The molecule has 0 aliphatic carbocycles. The van der Waals surface area contributed by atoms with Crippen molar-refractivity contribution in [1.82, 2.24) is 0 Å². The third kappa shape index (κ3) is 3.32. The molecule has 0 saturated heterocycles. The van der Waals surface area contributed by atoms with Gasteiger partial charge in [0.2, 0.25) is 5.88 Å². The number of primary amides is 1. The second-order valence-electron chi connectivity index (χ2n) is 4.60. The number of furan rings is 1. The van der Waals surface area contributed by atoms with Gasteiger partial charge in [-0.3, -0.25) is 9.59 Å². The van der Waals surface area contributed by atoms with Crippen molar-refractivity contribution in [3.05, 3.63) is 47.2 Å². The van der Waals surface area contributed by atoms with E-state index in [4.69, 9.17) is 22.4 Å². The molecule has 2 rings (SSSR count). The maximum absolute atomic E-state index is 11.6. The van der Waals surface area contributed by atoms with Crippen LogP contribution in [0.4, 0.5) is 11.6 Å². The number of Topliss-reactive ketones (excluding diaryl/α,β-unsaturated/α-hetero) is 1. The van der Waals surface area contributed by atoms with Gasteiger partial charge in [0.05, 0.1) is 5.56 Å². The van der Waals surface area contributed by atoms with E-state index >= 15 is 0 Å². The van der Waals surface area contributed by atoms with Crippen molar-refractivity contribution in [3.8, 4) is 0 Å². The van der Waals surface area contributed by atoms with Crippen LogP contribution in [0.1, 0.15) is 33.4 Å². The van der Waals surface area contributed by atoms with Crippen LogP contribution in [-0.4, -0.2) is 16.8 Å². The third-order valence-electron chi connectivity index (χ3n) is 2.94. The Kier molecular flexibility index (Phi) is 4.57. The zero-order valence-corrected chi connectivity index (χ0v) is 12.9. The number of hydrogen-bond donors (Lipinski definition) is 3. The summed E-state index contributed by atoms with van der Waals surface area (Å²) in [6, 6.07) is 9.24. The summed E-state index contributed by atoms with van der Waals surface area (Å²) in [4.78, 5) is 23.2. The molecule has 1 aromatic heterocycles. The van der Waals surface area contributed by atoms with Crippen LogP contribution in [0.2, 0.25) is 0 Å². The Morgan fingerprint density at radius 3 is 2.32 bits per heavy atom. The van der Waals surface area contributed by atoms with Crippen molar-refractivity contribution in [2.75, 3.05) is 10.6 Å². The van der Waals surface area contributed by atoms with Crippen LogP contribution >= 0.6 is 12.2 Å². The van der Waals surface area contributed by atoms with Gasteiger partial charge in [-0.15, -0.1) is 0 Å². The van der Waals surface area contributed by atoms with Gasteiger partial charge >= 0.3 is 0 Å². The molecule has 0 fully saturated rings. The number of thiocarbonyl (C=S) groups is 1. The Hall–Kier alpha value is -2.67. The number of carbonyl (C=O) groups is 2. The van der Waals surface area contributed by atoms with Crippen LogP contribution in [0, 0.1) is 6.92 Å². The van der Waals surface area contributed by atoms with Crippen molar-refractivity contribution in [3.63, 3.8) is 0 Å². The molecule has 0 bridgehead atoms. The molecule has 2 aromatic rings. The molecule has 0 unspecified atom stereocenters. The number of rotatable bonds is 4. The lowest BCUT2D eigenvalue weighted by molar-refractivity contribution is 0.0974. The van der Waals surface area contributed by atoms with Crippen molar-refractivity contribution in [2.24, 2.45) is 5.73 Å². The number of ketones is 1. The molecule has 114 valence electrons. The van der Waals surface area contributed by atoms with Gasteiger partial charge in [0.15, 0.2) is 10.9 Å². The van der Waals surface area contributed by atoms with Gasteiger partial charge in [0, 0.05) is 5.69 Å². The fourth-order valence-corrected chi connectivity index (χ4v) is 2.29. The zero-order valence-electron chi connectivity index (χ0n) is 12.1. The van der Waals surface area contributed by atoms with E-state index < -0.39 is 5.91 Å². The Morgan fingerprint density at radius 2 is 1.77 bits per heavy atom. The molecule has 0 aliphatic heterocycles. The molecule has 7 heteroatoms. The topological polar surface area (TPSA) is 97.4 Å². The first-order valence-corrected chi connectivity index (χ1v) is 6.88. The summed E-state index contributed by atoms with van der Waals surface area (Å²) < 4.78 is 5.42. The van der Waals surface area contributed by atoms with E-state index in [1.165, 1.54) is 6.92 Å². The van der Waals surface area contributed by atoms with Crippen molar-refractivity contribution in [1.29, 1.82) is 0 Å². The first-order valence-electron chi connectivity index (χ1n) is 6.47. The third-order valence-corrected chi connectivity index (χ3v) is 3.15. The number of nitrogens with two attached hydrogens (primary N) is 1. The van der Waals surface area contributed by atoms with Crippen LogP contribution in [0.15, 0.2) is 34.7 Å². The number of carbonyl (C=O) groups excluding carboxylic acids is 2. The fourth-order valence-electron chi connectivity index (χ4n) is 2.08. The van der Waals surface area contributed by atoms with Gasteiger partial charge in [-0.2, -0.15) is 0 Å². The lowest BCUT2D eigenvalue weighted by Gasteiger charge is -2.09. The van der Waals surface area contributed by atoms with Crippen LogP contribution in [-0.2, 0) is 0 Å². The Balaban J connectivity index is 2.26. The van der Waals surface area contributed by atoms with E-state index in [1.54, 1.807) is 6.92 Å². The number of aryl methyl sites for hydroxylation is 1. The van der Waals surface area contributed by atoms with Crippen molar-refractivity contribution in [2.45, 2.75) is 13.8 Å². The molecule has 0 aliphatic rings. The van der Waals surface area contributed by atoms with Crippen LogP contribution in [0.3, 0.4) is 0 Å². The largest absolute Gasteiger partial charge is 0.444 e. The average molecular weight is 317 g/mol. The predicted molar refractivity (Wildman–Crippen MR) is 88.3 cm³/mol. The molecular weight excluding hydrogens is 302 g/mol. The molecule has 0 saturated carbocycles. The maximum atomic E-state index is 11.6. The highest BCUT2D eigenvalue weighted by Gasteiger charge is 2.25. The lowest BCUT2D eigenvalue weighted by atomic mass is 10.1. The smallest absolute Gasteiger partial charge is 0.255 e. The fraction of sp³-hybridized carbons (Fsp3) is 0.133. The van der Waals surface area contributed by atoms with Crippen LogP contribution in [0.5, 0.6) is 0 Å². The molecule has 4 N–H and O–H groups in total. The highest BCUT2D eigenvalue weighted by molar-refractivity contribution is 7.80. The minimum atomic E-state index is -0.757. The van der Waals surface area contributed by atoms with Crippen LogP contribution < -0.4 is 16.4 Å². The Labute approximate surface area is 132 Å². The first-order chi connectivity index (χ1) is 10.4. The van der Waals surface area contributed by atoms with E-state index in [0.717, 1.165) is 5.69 Å². The number of hydrogen-bond acceptors (Lipinski definition) is 4. The highest BCUT2D eigenvalue weighted by Crippen LogP contribution is 2.27. The number of nitrogens with one attached hydrogen (secondary N) is 2. The molecule has 1 heterocycles. The SMILES string of the molecule is CC(=O)c1c(C)oc(NC(=S)Nc2ccccc2)c1C(N)=O.